The molecular formula is C4H9N5O9. The largest absolute Gasteiger partial charge is 0.558 e. The molecule has 104 valence electrons. The van der Waals surface area contributed by atoms with Crippen molar-refractivity contribution in [1.29, 1.82) is 0 Å². The molecule has 0 unspecified atom stereocenters. The van der Waals surface area contributed by atoms with E-state index in [9.17, 15) is 15.6 Å². The molecule has 1 aliphatic heterocycles. The first-order chi connectivity index (χ1) is 7.83. The summed E-state index contributed by atoms with van der Waals surface area (Å²) in [6.07, 6.45) is 0.531. The number of hydroxylamine groups is 6. The number of aliphatic imine (C=N–C) groups is 1. The molecule has 0 fully saturated rings. The third kappa shape index (κ3) is 3.14. The summed E-state index contributed by atoms with van der Waals surface area (Å²) < 4.78 is 0. The number of rotatable bonds is 2. The van der Waals surface area contributed by atoms with Crippen LogP contribution < -0.4 is 0 Å². The van der Waals surface area contributed by atoms with E-state index in [-0.39, 0.29) is 5.01 Å². The van der Waals surface area contributed by atoms with Crippen molar-refractivity contribution in [1.82, 2.24) is 5.01 Å². The van der Waals surface area contributed by atoms with Gasteiger partial charge in [-0.15, -0.1) is 4.99 Å². The number of hydrogen-bond donors (Lipinski definition) is 6. The Kier molecular flexibility index (Phi) is 3.40. The normalized spacial score (nSPS) is 18.6. The number of guanidine groups is 1. The van der Waals surface area contributed by atoms with Crippen molar-refractivity contribution in [2.45, 2.75) is 0 Å². The highest BCUT2D eigenvalue weighted by atomic mass is 17.1. The van der Waals surface area contributed by atoms with E-state index in [1.807, 2.05) is 0 Å². The van der Waals surface area contributed by atoms with Gasteiger partial charge in [-0.2, -0.15) is 31.2 Å². The first-order valence-corrected chi connectivity index (χ1v) is 4.08. The number of quaternary nitrogens is 3. The fourth-order valence-corrected chi connectivity index (χ4v) is 1.08. The zero-order valence-corrected chi connectivity index (χ0v) is 8.43. The summed E-state index contributed by atoms with van der Waals surface area (Å²) in [6.45, 7) is -0.947. The van der Waals surface area contributed by atoms with Gasteiger partial charge in [-0.05, 0) is 9.95 Å². The first-order valence-electron chi connectivity index (χ1n) is 4.08. The van der Waals surface area contributed by atoms with E-state index in [1.54, 1.807) is 0 Å². The molecule has 1 heterocycles. The van der Waals surface area contributed by atoms with Gasteiger partial charge in [-0.25, -0.2) is 0 Å². The monoisotopic (exact) mass is 271 g/mol. The van der Waals surface area contributed by atoms with Crippen molar-refractivity contribution in [2.24, 2.45) is 4.99 Å². The van der Waals surface area contributed by atoms with Crippen LogP contribution in [0.4, 0.5) is 0 Å². The van der Waals surface area contributed by atoms with Gasteiger partial charge in [0.15, 0.2) is 0 Å². The Bertz CT molecular complexity index is 385. The van der Waals surface area contributed by atoms with Crippen molar-refractivity contribution >= 4 is 5.96 Å². The molecule has 0 aliphatic carbocycles. The van der Waals surface area contributed by atoms with Gasteiger partial charge in [0.2, 0.25) is 0 Å². The molecule has 0 saturated heterocycles. The van der Waals surface area contributed by atoms with Crippen LogP contribution >= 0.6 is 0 Å². The summed E-state index contributed by atoms with van der Waals surface area (Å²) in [7, 11) is 0. The Hall–Kier alpha value is -1.27. The average Bonchev–Trinajstić information content (AvgIpc) is 2.12. The maximum Gasteiger partial charge on any atom is 0.430 e. The topological polar surface area (TPSA) is 206 Å². The van der Waals surface area contributed by atoms with Gasteiger partial charge in [-0.1, -0.05) is 5.01 Å². The van der Waals surface area contributed by atoms with Crippen LogP contribution in [0.1, 0.15) is 0 Å². The van der Waals surface area contributed by atoms with Crippen molar-refractivity contribution < 1.29 is 46.3 Å². The molecule has 0 aromatic rings. The molecule has 0 spiro atoms. The minimum atomic E-state index is -3.40. The molecule has 0 bridgehead atoms. The summed E-state index contributed by atoms with van der Waals surface area (Å²) in [4.78, 5) is -3.76. The molecule has 0 atom stereocenters. The smallest absolute Gasteiger partial charge is 0.430 e. The van der Waals surface area contributed by atoms with Crippen LogP contribution in [0, 0.1) is 15.6 Å². The lowest BCUT2D eigenvalue weighted by Crippen LogP contribution is -2.63. The van der Waals surface area contributed by atoms with Crippen LogP contribution in [0.3, 0.4) is 0 Å². The zero-order chi connectivity index (χ0) is 14.4. The maximum atomic E-state index is 10.8. The summed E-state index contributed by atoms with van der Waals surface area (Å²) in [5.41, 5.74) is 0. The Balaban J connectivity index is 3.22. The summed E-state index contributed by atoms with van der Waals surface area (Å²) >= 11 is 0. The van der Waals surface area contributed by atoms with Gasteiger partial charge < -0.3 is 15.6 Å². The molecule has 14 nitrogen and oxygen atoms in total. The maximum absolute atomic E-state index is 10.8. The van der Waals surface area contributed by atoms with Crippen LogP contribution in [0.2, 0.25) is 0 Å². The second-order valence-corrected chi connectivity index (χ2v) is 3.16. The van der Waals surface area contributed by atoms with Crippen molar-refractivity contribution in [2.75, 3.05) is 6.54 Å². The molecule has 18 heavy (non-hydrogen) atoms. The van der Waals surface area contributed by atoms with E-state index in [2.05, 4.69) is 4.99 Å². The molecule has 1 rings (SSSR count). The highest BCUT2D eigenvalue weighted by molar-refractivity contribution is 5.73. The Morgan fingerprint density at radius 3 is 1.83 bits per heavy atom. The molecular weight excluding hydrogens is 262 g/mol. The number of nitrogens with zero attached hydrogens (tertiary/aromatic N) is 5. The van der Waals surface area contributed by atoms with Crippen molar-refractivity contribution in [3.63, 3.8) is 0 Å². The predicted molar refractivity (Wildman–Crippen MR) is 43.8 cm³/mol. The van der Waals surface area contributed by atoms with E-state index in [0.29, 0.717) is 6.08 Å². The van der Waals surface area contributed by atoms with Gasteiger partial charge >= 0.3 is 5.96 Å². The lowest BCUT2D eigenvalue weighted by atomic mass is 10.5. The van der Waals surface area contributed by atoms with E-state index >= 15 is 0 Å². The predicted octanol–water partition coefficient (Wildman–Crippen LogP) is -1.31. The Labute approximate surface area is 97.4 Å². The molecule has 1 aliphatic rings. The fourth-order valence-electron chi connectivity index (χ4n) is 1.08. The van der Waals surface area contributed by atoms with Gasteiger partial charge in [0, 0.05) is 11.2 Å². The lowest BCUT2D eigenvalue weighted by Gasteiger charge is -2.38. The minimum Gasteiger partial charge on any atom is -0.558 e. The minimum absolute atomic E-state index is 0.299. The molecule has 0 amide bonds. The second kappa shape index (κ2) is 4.13. The van der Waals surface area contributed by atoms with Gasteiger partial charge in [0.1, 0.15) is 6.54 Å². The van der Waals surface area contributed by atoms with Crippen molar-refractivity contribution in [3.05, 3.63) is 27.5 Å². The van der Waals surface area contributed by atoms with E-state index in [0.717, 1.165) is 0 Å². The lowest BCUT2D eigenvalue weighted by molar-refractivity contribution is -1.29. The Morgan fingerprint density at radius 1 is 1.00 bits per heavy atom. The molecule has 6 N–H and O–H groups in total. The third-order valence-electron chi connectivity index (χ3n) is 1.77. The van der Waals surface area contributed by atoms with E-state index < -0.39 is 33.4 Å². The van der Waals surface area contributed by atoms with Gasteiger partial charge in [0.25, 0.3) is 5.82 Å². The average molecular weight is 271 g/mol. The quantitative estimate of drug-likeness (QED) is 0.258. The summed E-state index contributed by atoms with van der Waals surface area (Å²) in [5, 5.41) is 80.4. The second-order valence-electron chi connectivity index (χ2n) is 3.16. The van der Waals surface area contributed by atoms with E-state index in [4.69, 9.17) is 31.2 Å². The third-order valence-corrected chi connectivity index (χ3v) is 1.77. The number of hydrogen-bond acceptors (Lipinski definition) is 11. The summed E-state index contributed by atoms with van der Waals surface area (Å²) in [5.74, 6) is -2.87. The SMILES string of the molecule is [O-][N+](O)(O)C1=CCN([N+]([O-])(O)O)C([N+]([O-])(O)O)=N1. The molecule has 0 aromatic heterocycles. The molecule has 14 heteroatoms. The van der Waals surface area contributed by atoms with Crippen LogP contribution in [0.15, 0.2) is 16.9 Å². The molecule has 0 saturated carbocycles. The van der Waals surface area contributed by atoms with Gasteiger partial charge in [-0.3, -0.25) is 0 Å². The van der Waals surface area contributed by atoms with Crippen LogP contribution in [-0.2, 0) is 0 Å². The van der Waals surface area contributed by atoms with Gasteiger partial charge in [0.05, 0.1) is 0 Å². The zero-order valence-electron chi connectivity index (χ0n) is 8.43. The summed E-state index contributed by atoms with van der Waals surface area (Å²) in [6, 6.07) is 0. The molecule has 0 radical (unpaired) electrons. The molecule has 0 aromatic carbocycles. The standard InChI is InChI=1S/C4H9N5O9/c10-7(11,12)3-1-2-6(9(16,17)18)4(5-3)8(13,14)15/h1,10-11,13-14,16-17H,2H2. The van der Waals surface area contributed by atoms with Crippen molar-refractivity contribution in [3.8, 4) is 0 Å². The van der Waals surface area contributed by atoms with E-state index in [1.165, 1.54) is 0 Å². The highest BCUT2D eigenvalue weighted by Gasteiger charge is 2.44. The van der Waals surface area contributed by atoms with Crippen LogP contribution in [0.25, 0.3) is 0 Å². The Morgan fingerprint density at radius 2 is 1.50 bits per heavy atom. The van der Waals surface area contributed by atoms with Crippen LogP contribution in [0.5, 0.6) is 0 Å². The fraction of sp³-hybridized carbons (Fsp3) is 0.250. The highest BCUT2D eigenvalue weighted by Crippen LogP contribution is 2.21. The first kappa shape index (κ1) is 14.8. The van der Waals surface area contributed by atoms with Crippen LogP contribution in [-0.4, -0.2) is 63.8 Å².